The Balaban J connectivity index is 2.03. The van der Waals surface area contributed by atoms with Crippen LogP contribution in [0.1, 0.15) is 44.9 Å². The summed E-state index contributed by atoms with van der Waals surface area (Å²) >= 11 is 0. The van der Waals surface area contributed by atoms with Gasteiger partial charge in [-0.05, 0) is 31.1 Å². The van der Waals surface area contributed by atoms with Gasteiger partial charge < -0.3 is 0 Å². The van der Waals surface area contributed by atoms with Crippen molar-refractivity contribution in [2.24, 2.45) is 11.8 Å². The lowest BCUT2D eigenvalue weighted by molar-refractivity contribution is -0.119. The molecule has 2 fully saturated rings. The van der Waals surface area contributed by atoms with E-state index in [1.54, 1.807) is 0 Å². The van der Waals surface area contributed by atoms with E-state index in [0.29, 0.717) is 5.78 Å². The van der Waals surface area contributed by atoms with E-state index in [1.165, 1.54) is 32.1 Å². The molecule has 0 amide bonds. The summed E-state index contributed by atoms with van der Waals surface area (Å²) in [6, 6.07) is 0. The van der Waals surface area contributed by atoms with Crippen molar-refractivity contribution in [1.82, 2.24) is 0 Å². The summed E-state index contributed by atoms with van der Waals surface area (Å²) in [5.74, 6) is 2.23. The van der Waals surface area contributed by atoms with E-state index in [9.17, 15) is 4.79 Å². The van der Waals surface area contributed by atoms with Crippen molar-refractivity contribution in [2.75, 3.05) is 0 Å². The first-order valence-corrected chi connectivity index (χ1v) is 4.88. The number of fused-ring (bicyclic) bond motifs is 1. The Hall–Kier alpha value is -0.330. The summed E-state index contributed by atoms with van der Waals surface area (Å²) in [6.45, 7) is 0. The highest BCUT2D eigenvalue weighted by Crippen LogP contribution is 2.39. The summed E-state index contributed by atoms with van der Waals surface area (Å²) in [5.41, 5.74) is 0. The van der Waals surface area contributed by atoms with Crippen molar-refractivity contribution in [3.05, 3.63) is 0 Å². The molecule has 0 heterocycles. The Bertz CT molecular complexity index is 162. The van der Waals surface area contributed by atoms with Crippen LogP contribution < -0.4 is 0 Å². The third-order valence-corrected chi connectivity index (χ3v) is 3.34. The lowest BCUT2D eigenvalue weighted by atomic mass is 9.91. The van der Waals surface area contributed by atoms with Crippen LogP contribution in [0.2, 0.25) is 0 Å². The fourth-order valence-corrected chi connectivity index (χ4v) is 2.72. The minimum absolute atomic E-state index is 0.527. The summed E-state index contributed by atoms with van der Waals surface area (Å²) in [6.07, 6.45) is 8.38. The molecule has 0 aromatic rings. The maximum Gasteiger partial charge on any atom is 0.133 e. The van der Waals surface area contributed by atoms with Gasteiger partial charge in [0.05, 0.1) is 0 Å². The molecule has 2 aliphatic rings. The topological polar surface area (TPSA) is 17.1 Å². The highest BCUT2D eigenvalue weighted by atomic mass is 16.1. The summed E-state index contributed by atoms with van der Waals surface area (Å²) in [5, 5.41) is 0. The van der Waals surface area contributed by atoms with Crippen molar-refractivity contribution >= 4 is 5.78 Å². The first-order chi connectivity index (χ1) is 5.36. The molecular formula is C10H16O. The van der Waals surface area contributed by atoms with Crippen molar-refractivity contribution in [3.63, 3.8) is 0 Å². The van der Waals surface area contributed by atoms with Crippen LogP contribution in [0.3, 0.4) is 0 Å². The zero-order valence-electron chi connectivity index (χ0n) is 7.01. The minimum Gasteiger partial charge on any atom is -0.300 e. The van der Waals surface area contributed by atoms with Crippen LogP contribution in [0.15, 0.2) is 0 Å². The Morgan fingerprint density at radius 3 is 2.64 bits per heavy atom. The van der Waals surface area contributed by atoms with Crippen LogP contribution in [0.4, 0.5) is 0 Å². The fraction of sp³-hybridized carbons (Fsp3) is 0.900. The normalized spacial score (nSPS) is 38.4. The number of hydrogen-bond donors (Lipinski definition) is 0. The zero-order valence-corrected chi connectivity index (χ0v) is 7.01. The molecule has 1 nitrogen and oxygen atoms in total. The third kappa shape index (κ3) is 1.47. The molecule has 0 aromatic carbocycles. The Labute approximate surface area is 68.2 Å². The maximum atomic E-state index is 11.2. The molecule has 2 rings (SSSR count). The van der Waals surface area contributed by atoms with E-state index in [-0.39, 0.29) is 0 Å². The Kier molecular flexibility index (Phi) is 1.97. The molecule has 0 unspecified atom stereocenters. The first kappa shape index (κ1) is 7.33. The molecule has 0 aliphatic heterocycles. The average Bonchev–Trinajstić information content (AvgIpc) is 2.31. The molecule has 0 radical (unpaired) electrons. The van der Waals surface area contributed by atoms with E-state index < -0.39 is 0 Å². The second-order valence-electron chi connectivity index (χ2n) is 4.09. The standard InChI is InChI=1S/C10H16O/c11-10-6-2-4-8-3-1-5-9(8)7-10/h8-9H,1-7H2/t8-,9+/m0/s1. The van der Waals surface area contributed by atoms with Crippen LogP contribution in [0.25, 0.3) is 0 Å². The smallest absolute Gasteiger partial charge is 0.133 e. The van der Waals surface area contributed by atoms with Gasteiger partial charge in [-0.3, -0.25) is 4.79 Å². The predicted octanol–water partition coefficient (Wildman–Crippen LogP) is 2.55. The molecule has 2 atom stereocenters. The zero-order chi connectivity index (χ0) is 7.68. The van der Waals surface area contributed by atoms with Crippen molar-refractivity contribution in [3.8, 4) is 0 Å². The van der Waals surface area contributed by atoms with E-state index in [0.717, 1.165) is 24.7 Å². The first-order valence-electron chi connectivity index (χ1n) is 4.88. The molecule has 0 N–H and O–H groups in total. The van der Waals surface area contributed by atoms with Gasteiger partial charge in [0.2, 0.25) is 0 Å². The molecular weight excluding hydrogens is 136 g/mol. The average molecular weight is 152 g/mol. The van der Waals surface area contributed by atoms with Gasteiger partial charge in [0, 0.05) is 12.8 Å². The summed E-state index contributed by atoms with van der Waals surface area (Å²) in [4.78, 5) is 11.2. The van der Waals surface area contributed by atoms with E-state index >= 15 is 0 Å². The summed E-state index contributed by atoms with van der Waals surface area (Å²) in [7, 11) is 0. The molecule has 62 valence electrons. The highest BCUT2D eigenvalue weighted by Gasteiger charge is 2.30. The largest absolute Gasteiger partial charge is 0.300 e. The third-order valence-electron chi connectivity index (χ3n) is 3.34. The lowest BCUT2D eigenvalue weighted by Gasteiger charge is -2.13. The van der Waals surface area contributed by atoms with Crippen LogP contribution in [0, 0.1) is 11.8 Å². The molecule has 2 aliphatic carbocycles. The number of carbonyl (C=O) groups is 1. The van der Waals surface area contributed by atoms with Gasteiger partial charge in [0.1, 0.15) is 5.78 Å². The number of Topliss-reactive ketones (excluding diaryl/α,β-unsaturated/α-hetero) is 1. The predicted molar refractivity (Wildman–Crippen MR) is 44.3 cm³/mol. The molecule has 0 aromatic heterocycles. The quantitative estimate of drug-likeness (QED) is 0.521. The second kappa shape index (κ2) is 2.96. The van der Waals surface area contributed by atoms with Crippen molar-refractivity contribution < 1.29 is 4.79 Å². The molecule has 0 bridgehead atoms. The van der Waals surface area contributed by atoms with Gasteiger partial charge in [0.15, 0.2) is 0 Å². The SMILES string of the molecule is O=C1CCC[C@@H]2CCC[C@@H]2C1. The fourth-order valence-electron chi connectivity index (χ4n) is 2.72. The number of hydrogen-bond acceptors (Lipinski definition) is 1. The monoisotopic (exact) mass is 152 g/mol. The maximum absolute atomic E-state index is 11.2. The van der Waals surface area contributed by atoms with Gasteiger partial charge in [-0.25, -0.2) is 0 Å². The van der Waals surface area contributed by atoms with Crippen molar-refractivity contribution in [1.29, 1.82) is 0 Å². The minimum atomic E-state index is 0.527. The number of ketones is 1. The Morgan fingerprint density at radius 2 is 1.73 bits per heavy atom. The Morgan fingerprint density at radius 1 is 1.00 bits per heavy atom. The van der Waals surface area contributed by atoms with Gasteiger partial charge >= 0.3 is 0 Å². The molecule has 0 spiro atoms. The van der Waals surface area contributed by atoms with Crippen LogP contribution in [0.5, 0.6) is 0 Å². The van der Waals surface area contributed by atoms with Crippen LogP contribution in [-0.2, 0) is 4.79 Å². The molecule has 2 saturated carbocycles. The van der Waals surface area contributed by atoms with Gasteiger partial charge in [-0.15, -0.1) is 0 Å². The lowest BCUT2D eigenvalue weighted by Crippen LogP contribution is -2.08. The molecule has 0 saturated heterocycles. The van der Waals surface area contributed by atoms with E-state index in [2.05, 4.69) is 0 Å². The molecule has 11 heavy (non-hydrogen) atoms. The van der Waals surface area contributed by atoms with Gasteiger partial charge in [-0.2, -0.15) is 0 Å². The molecule has 1 heteroatoms. The van der Waals surface area contributed by atoms with Gasteiger partial charge in [0.25, 0.3) is 0 Å². The van der Waals surface area contributed by atoms with Crippen molar-refractivity contribution in [2.45, 2.75) is 44.9 Å². The van der Waals surface area contributed by atoms with E-state index in [1.807, 2.05) is 0 Å². The van der Waals surface area contributed by atoms with Crippen LogP contribution in [-0.4, -0.2) is 5.78 Å². The number of carbonyl (C=O) groups excluding carboxylic acids is 1. The highest BCUT2D eigenvalue weighted by molar-refractivity contribution is 5.78. The van der Waals surface area contributed by atoms with Gasteiger partial charge in [-0.1, -0.05) is 12.8 Å². The summed E-state index contributed by atoms with van der Waals surface area (Å²) < 4.78 is 0. The van der Waals surface area contributed by atoms with E-state index in [4.69, 9.17) is 0 Å². The number of rotatable bonds is 0. The second-order valence-corrected chi connectivity index (χ2v) is 4.09. The van der Waals surface area contributed by atoms with Crippen LogP contribution >= 0.6 is 0 Å².